The minimum Gasteiger partial charge on any atom is -0.383 e. The van der Waals surface area contributed by atoms with Crippen LogP contribution in [0, 0.1) is 29.3 Å². The van der Waals surface area contributed by atoms with Gasteiger partial charge in [0.1, 0.15) is 35.3 Å². The molecule has 1 spiro atoms. The first-order valence-corrected chi connectivity index (χ1v) is 12.7. The molecule has 1 aromatic carbocycles. The quantitative estimate of drug-likeness (QED) is 0.401. The first-order chi connectivity index (χ1) is 18.1. The molecule has 3 aromatic heterocycles. The summed E-state index contributed by atoms with van der Waals surface area (Å²) >= 11 is 0. The van der Waals surface area contributed by atoms with E-state index in [0.29, 0.717) is 24.0 Å². The fourth-order valence-electron chi connectivity index (χ4n) is 7.32. The molecule has 198 valence electrons. The average molecular weight is 525 g/mol. The lowest BCUT2D eigenvalue weighted by molar-refractivity contribution is -0.177. The number of benzene rings is 1. The third-order valence-corrected chi connectivity index (χ3v) is 8.65. The lowest BCUT2D eigenvalue weighted by atomic mass is 9.84. The summed E-state index contributed by atoms with van der Waals surface area (Å²) in [5.74, 6) is -2.51. The molecule has 0 bridgehead atoms. The summed E-state index contributed by atoms with van der Waals surface area (Å²) in [5, 5.41) is 0.296. The second-order valence-corrected chi connectivity index (χ2v) is 11.2. The van der Waals surface area contributed by atoms with Gasteiger partial charge in [0.15, 0.2) is 23.2 Å². The molecule has 4 N–H and O–H groups in total. The first-order valence-electron chi connectivity index (χ1n) is 12.7. The molecule has 3 aliphatic rings. The number of fused-ring (bicyclic) bond motifs is 2. The largest absolute Gasteiger partial charge is 0.383 e. The van der Waals surface area contributed by atoms with E-state index in [0.717, 1.165) is 24.5 Å². The lowest BCUT2D eigenvalue weighted by Crippen LogP contribution is -2.40. The van der Waals surface area contributed by atoms with Crippen molar-refractivity contribution >= 4 is 33.6 Å². The Morgan fingerprint density at radius 1 is 1.05 bits per heavy atom. The summed E-state index contributed by atoms with van der Waals surface area (Å²) in [7, 11) is 0. The van der Waals surface area contributed by atoms with Crippen molar-refractivity contribution in [3.63, 3.8) is 0 Å². The SMILES string of the molecule is CC1(C)O[C@H]2[C@H](n3cc(F)c4c(N)ncnc43)C[C@@H]3[C@H](Cc4cc(F)c5cc(F)c(N)nc5c4)CC[C@@]32O1. The molecule has 5 atom stereocenters. The van der Waals surface area contributed by atoms with Crippen LogP contribution in [0.1, 0.15) is 44.7 Å². The lowest BCUT2D eigenvalue weighted by Gasteiger charge is -2.30. The molecular weight excluding hydrogens is 497 g/mol. The van der Waals surface area contributed by atoms with Crippen LogP contribution >= 0.6 is 0 Å². The van der Waals surface area contributed by atoms with Gasteiger partial charge in [0.25, 0.3) is 0 Å². The Kier molecular flexibility index (Phi) is 4.85. The van der Waals surface area contributed by atoms with Gasteiger partial charge in [0.2, 0.25) is 0 Å². The number of nitrogen functional groups attached to an aromatic ring is 2. The van der Waals surface area contributed by atoms with Crippen LogP contribution in [0.4, 0.5) is 24.8 Å². The first kappa shape index (κ1) is 23.7. The minimum absolute atomic E-state index is 0.0731. The fraction of sp³-hybridized carbons (Fsp3) is 0.444. The number of halogens is 3. The van der Waals surface area contributed by atoms with Crippen molar-refractivity contribution in [1.82, 2.24) is 19.5 Å². The fourth-order valence-corrected chi connectivity index (χ4v) is 7.32. The topological polar surface area (TPSA) is 114 Å². The van der Waals surface area contributed by atoms with Crippen molar-refractivity contribution < 1.29 is 22.6 Å². The minimum atomic E-state index is -0.813. The molecule has 0 unspecified atom stereocenters. The Bertz CT molecular complexity index is 1620. The van der Waals surface area contributed by atoms with E-state index in [1.54, 1.807) is 6.07 Å². The molecule has 11 heteroatoms. The van der Waals surface area contributed by atoms with Crippen LogP contribution in [0.3, 0.4) is 0 Å². The zero-order valence-corrected chi connectivity index (χ0v) is 20.9. The van der Waals surface area contributed by atoms with Gasteiger partial charge in [0.05, 0.1) is 16.9 Å². The van der Waals surface area contributed by atoms with Gasteiger partial charge in [-0.3, -0.25) is 0 Å². The highest BCUT2D eigenvalue weighted by molar-refractivity contribution is 5.87. The molecule has 4 heterocycles. The Hall–Kier alpha value is -3.44. The Labute approximate surface area is 216 Å². The van der Waals surface area contributed by atoms with Gasteiger partial charge < -0.3 is 25.5 Å². The number of aromatic nitrogens is 4. The zero-order chi connectivity index (χ0) is 26.6. The van der Waals surface area contributed by atoms with Crippen molar-refractivity contribution in [2.24, 2.45) is 11.8 Å². The summed E-state index contributed by atoms with van der Waals surface area (Å²) in [4.78, 5) is 12.3. The van der Waals surface area contributed by atoms with E-state index in [4.69, 9.17) is 20.9 Å². The number of rotatable bonds is 3. The van der Waals surface area contributed by atoms with Crippen molar-refractivity contribution in [1.29, 1.82) is 0 Å². The molecule has 7 rings (SSSR count). The maximum absolute atomic E-state index is 15.0. The van der Waals surface area contributed by atoms with E-state index in [2.05, 4.69) is 15.0 Å². The van der Waals surface area contributed by atoms with Crippen LogP contribution in [-0.2, 0) is 15.9 Å². The van der Waals surface area contributed by atoms with E-state index in [1.807, 2.05) is 18.4 Å². The summed E-state index contributed by atoms with van der Waals surface area (Å²) in [6.45, 7) is 3.79. The second kappa shape index (κ2) is 7.79. The molecule has 0 radical (unpaired) electrons. The van der Waals surface area contributed by atoms with Crippen LogP contribution in [0.15, 0.2) is 30.7 Å². The number of nitrogens with zero attached hydrogens (tertiary/aromatic N) is 4. The number of anilines is 2. The van der Waals surface area contributed by atoms with E-state index in [-0.39, 0.29) is 46.4 Å². The molecule has 8 nitrogen and oxygen atoms in total. The van der Waals surface area contributed by atoms with E-state index in [1.165, 1.54) is 18.6 Å². The van der Waals surface area contributed by atoms with Crippen molar-refractivity contribution in [2.45, 2.75) is 63.1 Å². The summed E-state index contributed by atoms with van der Waals surface area (Å²) < 4.78 is 58.7. The van der Waals surface area contributed by atoms with Crippen molar-refractivity contribution in [3.8, 4) is 0 Å². The normalized spacial score (nSPS) is 29.8. The summed E-state index contributed by atoms with van der Waals surface area (Å²) in [6, 6.07) is 4.06. The standard InChI is InChI=1S/C27H27F3N6O2/c1-26(2)37-22-20(36-10-18(30)21-24(32)33-11-34-25(21)36)9-15-13(3-4-27(15,22)38-26)5-12-6-16(28)14-8-17(29)23(31)35-19(14)7-12/h6-8,10-11,13,15,20,22H,3-5,9H2,1-2H3,(H2,31,35)(H2,32,33,34)/t13-,15+,20+,22-,27+/m0/s1. The maximum Gasteiger partial charge on any atom is 0.165 e. The third kappa shape index (κ3) is 3.27. The van der Waals surface area contributed by atoms with Crippen molar-refractivity contribution in [2.75, 3.05) is 11.5 Å². The Morgan fingerprint density at radius 2 is 1.87 bits per heavy atom. The monoisotopic (exact) mass is 524 g/mol. The van der Waals surface area contributed by atoms with Crippen LogP contribution in [0.2, 0.25) is 0 Å². The van der Waals surface area contributed by atoms with Gasteiger partial charge in [-0.25, -0.2) is 28.1 Å². The predicted octanol–water partition coefficient (Wildman–Crippen LogP) is 4.67. The van der Waals surface area contributed by atoms with E-state index < -0.39 is 28.8 Å². The van der Waals surface area contributed by atoms with Crippen LogP contribution in [0.5, 0.6) is 0 Å². The molecule has 3 fully saturated rings. The highest BCUT2D eigenvalue weighted by atomic mass is 19.1. The van der Waals surface area contributed by atoms with Crippen LogP contribution in [0.25, 0.3) is 21.9 Å². The van der Waals surface area contributed by atoms with Gasteiger partial charge in [-0.2, -0.15) is 0 Å². The Morgan fingerprint density at radius 3 is 2.68 bits per heavy atom. The number of pyridine rings is 1. The average Bonchev–Trinajstić information content (AvgIpc) is 3.52. The molecule has 2 saturated carbocycles. The van der Waals surface area contributed by atoms with Crippen molar-refractivity contribution in [3.05, 3.63) is 53.7 Å². The van der Waals surface area contributed by atoms with Crippen LogP contribution in [-0.4, -0.2) is 37.0 Å². The maximum atomic E-state index is 15.0. The van der Waals surface area contributed by atoms with Crippen LogP contribution < -0.4 is 11.5 Å². The van der Waals surface area contributed by atoms with Gasteiger partial charge in [-0.1, -0.05) is 0 Å². The second-order valence-electron chi connectivity index (χ2n) is 11.2. The van der Waals surface area contributed by atoms with Gasteiger partial charge >= 0.3 is 0 Å². The molecule has 4 aromatic rings. The molecule has 0 amide bonds. The molecule has 1 saturated heterocycles. The Balaban J connectivity index is 1.26. The molecule has 2 aliphatic carbocycles. The number of nitrogens with two attached hydrogens (primary N) is 2. The highest BCUT2D eigenvalue weighted by Gasteiger charge is 2.68. The summed E-state index contributed by atoms with van der Waals surface area (Å²) in [6.07, 6.45) is 5.31. The smallest absolute Gasteiger partial charge is 0.165 e. The number of hydrogen-bond acceptors (Lipinski definition) is 7. The highest BCUT2D eigenvalue weighted by Crippen LogP contribution is 2.63. The van der Waals surface area contributed by atoms with Gasteiger partial charge in [-0.05, 0) is 75.1 Å². The molecular formula is C27H27F3N6O2. The van der Waals surface area contributed by atoms with Gasteiger partial charge in [0, 0.05) is 11.6 Å². The van der Waals surface area contributed by atoms with Gasteiger partial charge in [-0.15, -0.1) is 0 Å². The predicted molar refractivity (Wildman–Crippen MR) is 134 cm³/mol. The summed E-state index contributed by atoms with van der Waals surface area (Å²) in [5.41, 5.74) is 12.5. The molecule has 38 heavy (non-hydrogen) atoms. The number of ether oxygens (including phenoxy) is 2. The number of hydrogen-bond donors (Lipinski definition) is 2. The van der Waals surface area contributed by atoms with E-state index in [9.17, 15) is 13.2 Å². The zero-order valence-electron chi connectivity index (χ0n) is 20.9. The third-order valence-electron chi connectivity index (χ3n) is 8.65. The molecule has 1 aliphatic heterocycles. The van der Waals surface area contributed by atoms with E-state index >= 15 is 0 Å².